The largest absolute Gasteiger partial charge is 0.402 e. The van der Waals surface area contributed by atoms with E-state index in [1.54, 1.807) is 0 Å². The second-order valence-corrected chi connectivity index (χ2v) is 2.60. The molecule has 0 fully saturated rings. The Morgan fingerprint density at radius 1 is 1.55 bits per heavy atom. The van der Waals surface area contributed by atoms with Crippen molar-refractivity contribution in [2.24, 2.45) is 5.73 Å². The SMILES string of the molecule is C=C(C)C(/C=C(/N)CC)=C/C. The van der Waals surface area contributed by atoms with Crippen LogP contribution in [0, 0.1) is 0 Å². The van der Waals surface area contributed by atoms with E-state index in [1.807, 2.05) is 32.9 Å². The lowest BCUT2D eigenvalue weighted by molar-refractivity contribution is 1.06. The average Bonchev–Trinajstić information content (AvgIpc) is 1.99. The normalized spacial score (nSPS) is 13.4. The minimum atomic E-state index is 0.893. The summed E-state index contributed by atoms with van der Waals surface area (Å²) in [6, 6.07) is 0. The Hall–Kier alpha value is -0.980. The zero-order valence-corrected chi connectivity index (χ0v) is 7.65. The minimum Gasteiger partial charge on any atom is -0.402 e. The van der Waals surface area contributed by atoms with Gasteiger partial charge in [-0.3, -0.25) is 0 Å². The fraction of sp³-hybridized carbons (Fsp3) is 0.400. The summed E-state index contributed by atoms with van der Waals surface area (Å²) in [6.45, 7) is 9.85. The van der Waals surface area contributed by atoms with Crippen molar-refractivity contribution in [2.75, 3.05) is 0 Å². The van der Waals surface area contributed by atoms with Gasteiger partial charge in [0, 0.05) is 5.70 Å². The first-order valence-corrected chi connectivity index (χ1v) is 3.90. The predicted octanol–water partition coefficient (Wildman–Crippen LogP) is 2.76. The molecule has 0 aromatic heterocycles. The summed E-state index contributed by atoms with van der Waals surface area (Å²) in [6.07, 6.45) is 4.89. The maximum Gasteiger partial charge on any atom is 0.00836 e. The number of allylic oxidation sites excluding steroid dienone is 5. The molecule has 1 nitrogen and oxygen atoms in total. The molecule has 0 aromatic rings. The van der Waals surface area contributed by atoms with Gasteiger partial charge in [0.1, 0.15) is 0 Å². The van der Waals surface area contributed by atoms with E-state index in [0.717, 1.165) is 23.3 Å². The fourth-order valence-electron chi connectivity index (χ4n) is 0.755. The monoisotopic (exact) mass is 151 g/mol. The number of hydrogen-bond donors (Lipinski definition) is 1. The number of hydrogen-bond acceptors (Lipinski definition) is 1. The number of nitrogens with two attached hydrogens (primary N) is 1. The van der Waals surface area contributed by atoms with E-state index in [0.29, 0.717) is 0 Å². The molecule has 0 rings (SSSR count). The molecular weight excluding hydrogens is 134 g/mol. The lowest BCUT2D eigenvalue weighted by atomic mass is 10.1. The molecule has 0 saturated heterocycles. The van der Waals surface area contributed by atoms with Gasteiger partial charge in [-0.05, 0) is 31.9 Å². The molecule has 0 bridgehead atoms. The van der Waals surface area contributed by atoms with Crippen LogP contribution >= 0.6 is 0 Å². The first-order valence-electron chi connectivity index (χ1n) is 3.90. The van der Waals surface area contributed by atoms with E-state index in [1.165, 1.54) is 0 Å². The van der Waals surface area contributed by atoms with Gasteiger partial charge in [0.05, 0.1) is 0 Å². The van der Waals surface area contributed by atoms with Crippen LogP contribution in [0.1, 0.15) is 27.2 Å². The van der Waals surface area contributed by atoms with Crippen molar-refractivity contribution >= 4 is 0 Å². The fourth-order valence-corrected chi connectivity index (χ4v) is 0.755. The topological polar surface area (TPSA) is 26.0 Å². The van der Waals surface area contributed by atoms with Gasteiger partial charge in [0.2, 0.25) is 0 Å². The van der Waals surface area contributed by atoms with Crippen molar-refractivity contribution < 1.29 is 0 Å². The zero-order valence-electron chi connectivity index (χ0n) is 7.65. The van der Waals surface area contributed by atoms with Crippen LogP contribution in [0.5, 0.6) is 0 Å². The quantitative estimate of drug-likeness (QED) is 0.617. The van der Waals surface area contributed by atoms with Crippen molar-refractivity contribution in [2.45, 2.75) is 27.2 Å². The molecule has 0 radical (unpaired) electrons. The maximum absolute atomic E-state index is 5.67. The van der Waals surface area contributed by atoms with Gasteiger partial charge in [0.15, 0.2) is 0 Å². The summed E-state index contributed by atoms with van der Waals surface area (Å²) in [4.78, 5) is 0. The zero-order chi connectivity index (χ0) is 8.85. The summed E-state index contributed by atoms with van der Waals surface area (Å²) in [5.41, 5.74) is 8.76. The number of rotatable bonds is 3. The predicted molar refractivity (Wildman–Crippen MR) is 51.1 cm³/mol. The Morgan fingerprint density at radius 2 is 2.09 bits per heavy atom. The summed E-state index contributed by atoms with van der Waals surface area (Å²) >= 11 is 0. The van der Waals surface area contributed by atoms with Crippen molar-refractivity contribution in [3.63, 3.8) is 0 Å². The summed E-state index contributed by atoms with van der Waals surface area (Å²) in [7, 11) is 0. The standard InChI is InChI=1S/C10H17N/c1-5-9(8(3)4)7-10(11)6-2/h5,7H,3,6,11H2,1-2,4H3/b9-5+,10-7+. The highest BCUT2D eigenvalue weighted by Crippen LogP contribution is 2.09. The van der Waals surface area contributed by atoms with Crippen molar-refractivity contribution in [1.29, 1.82) is 0 Å². The van der Waals surface area contributed by atoms with Gasteiger partial charge in [-0.1, -0.05) is 25.2 Å². The molecule has 0 aromatic carbocycles. The van der Waals surface area contributed by atoms with E-state index in [2.05, 4.69) is 6.58 Å². The van der Waals surface area contributed by atoms with E-state index < -0.39 is 0 Å². The smallest absolute Gasteiger partial charge is 0.00836 e. The van der Waals surface area contributed by atoms with E-state index in [9.17, 15) is 0 Å². The molecule has 2 N–H and O–H groups in total. The van der Waals surface area contributed by atoms with Crippen LogP contribution in [0.2, 0.25) is 0 Å². The average molecular weight is 151 g/mol. The van der Waals surface area contributed by atoms with Crippen molar-refractivity contribution in [1.82, 2.24) is 0 Å². The molecule has 11 heavy (non-hydrogen) atoms. The molecule has 1 heteroatoms. The Kier molecular flexibility index (Phi) is 4.35. The highest BCUT2D eigenvalue weighted by atomic mass is 14.6. The van der Waals surface area contributed by atoms with E-state index in [4.69, 9.17) is 5.73 Å². The molecule has 0 aliphatic heterocycles. The van der Waals surface area contributed by atoms with Crippen LogP contribution in [0.4, 0.5) is 0 Å². The lowest BCUT2D eigenvalue weighted by Crippen LogP contribution is -1.95. The van der Waals surface area contributed by atoms with Crippen LogP contribution in [0.15, 0.2) is 35.6 Å². The molecule has 0 saturated carbocycles. The van der Waals surface area contributed by atoms with Crippen LogP contribution < -0.4 is 5.73 Å². The molecule has 0 atom stereocenters. The third kappa shape index (κ3) is 3.66. The van der Waals surface area contributed by atoms with Gasteiger partial charge in [-0.2, -0.15) is 0 Å². The molecular formula is C10H17N. The van der Waals surface area contributed by atoms with Crippen LogP contribution in [0.25, 0.3) is 0 Å². The van der Waals surface area contributed by atoms with Gasteiger partial charge >= 0.3 is 0 Å². The molecule has 0 aliphatic rings. The molecule has 0 spiro atoms. The first kappa shape index (κ1) is 10.0. The Labute approximate surface area is 69.3 Å². The minimum absolute atomic E-state index is 0.893. The Balaban J connectivity index is 4.45. The van der Waals surface area contributed by atoms with Crippen LogP contribution in [-0.2, 0) is 0 Å². The van der Waals surface area contributed by atoms with Crippen LogP contribution in [-0.4, -0.2) is 0 Å². The maximum atomic E-state index is 5.67. The Morgan fingerprint density at radius 3 is 2.36 bits per heavy atom. The second kappa shape index (κ2) is 4.78. The Bertz CT molecular complexity index is 197. The summed E-state index contributed by atoms with van der Waals surface area (Å²) in [5.74, 6) is 0. The third-order valence-corrected chi connectivity index (χ3v) is 1.55. The van der Waals surface area contributed by atoms with Gasteiger partial charge < -0.3 is 5.73 Å². The van der Waals surface area contributed by atoms with Crippen molar-refractivity contribution in [3.8, 4) is 0 Å². The molecule has 0 amide bonds. The summed E-state index contributed by atoms with van der Waals surface area (Å²) < 4.78 is 0. The van der Waals surface area contributed by atoms with Crippen molar-refractivity contribution in [3.05, 3.63) is 35.6 Å². The third-order valence-electron chi connectivity index (χ3n) is 1.55. The molecule has 0 unspecified atom stereocenters. The van der Waals surface area contributed by atoms with Gasteiger partial charge in [-0.15, -0.1) is 0 Å². The van der Waals surface area contributed by atoms with E-state index in [-0.39, 0.29) is 0 Å². The molecule has 0 heterocycles. The first-order chi connectivity index (χ1) is 5.11. The molecule has 0 aliphatic carbocycles. The van der Waals surface area contributed by atoms with Gasteiger partial charge in [-0.25, -0.2) is 0 Å². The van der Waals surface area contributed by atoms with Gasteiger partial charge in [0.25, 0.3) is 0 Å². The van der Waals surface area contributed by atoms with E-state index >= 15 is 0 Å². The molecule has 62 valence electrons. The highest BCUT2D eigenvalue weighted by Gasteiger charge is 1.92. The van der Waals surface area contributed by atoms with Crippen LogP contribution in [0.3, 0.4) is 0 Å². The lowest BCUT2D eigenvalue weighted by Gasteiger charge is -2.01. The highest BCUT2D eigenvalue weighted by molar-refractivity contribution is 5.37. The summed E-state index contributed by atoms with van der Waals surface area (Å²) in [5, 5.41) is 0. The second-order valence-electron chi connectivity index (χ2n) is 2.60.